The monoisotopic (exact) mass is 317 g/mol. The standard InChI is InChI=1S/C21H35NO/c1-19-10-16-11-20(2,13-19)15-21(12-16,14-19)8-9-22-18(23)17-6-4-3-5-7-17/h16-17H,3-15H2,1-2H3,(H,22,23). The Morgan fingerprint density at radius 1 is 0.957 bits per heavy atom. The number of amides is 1. The summed E-state index contributed by atoms with van der Waals surface area (Å²) < 4.78 is 0. The summed E-state index contributed by atoms with van der Waals surface area (Å²) in [7, 11) is 0. The van der Waals surface area contributed by atoms with Gasteiger partial charge in [0.25, 0.3) is 0 Å². The second-order valence-corrected chi connectivity index (χ2v) is 10.5. The van der Waals surface area contributed by atoms with E-state index in [1.54, 1.807) is 0 Å². The molecule has 0 heterocycles. The van der Waals surface area contributed by atoms with Gasteiger partial charge in [0.1, 0.15) is 0 Å². The van der Waals surface area contributed by atoms with E-state index in [2.05, 4.69) is 19.2 Å². The molecule has 5 aliphatic carbocycles. The quantitative estimate of drug-likeness (QED) is 0.770. The molecular formula is C21H35NO. The molecule has 2 atom stereocenters. The van der Waals surface area contributed by atoms with Crippen molar-refractivity contribution in [2.75, 3.05) is 6.54 Å². The summed E-state index contributed by atoms with van der Waals surface area (Å²) in [4.78, 5) is 12.4. The SMILES string of the molecule is CC12CC3CC(C)(C1)CC(CCNC(=O)C1CCCCC1)(C3)C2. The molecule has 0 saturated heterocycles. The van der Waals surface area contributed by atoms with E-state index < -0.39 is 0 Å². The summed E-state index contributed by atoms with van der Waals surface area (Å²) in [5, 5.41) is 3.31. The third-order valence-corrected chi connectivity index (χ3v) is 7.67. The maximum Gasteiger partial charge on any atom is 0.223 e. The molecule has 4 bridgehead atoms. The highest BCUT2D eigenvalue weighted by atomic mass is 16.1. The van der Waals surface area contributed by atoms with E-state index in [0.717, 1.165) is 25.3 Å². The second kappa shape index (κ2) is 5.49. The molecule has 1 N–H and O–H groups in total. The molecule has 5 aliphatic rings. The number of hydrogen-bond acceptors (Lipinski definition) is 1. The third kappa shape index (κ3) is 3.07. The van der Waals surface area contributed by atoms with Crippen LogP contribution in [0.25, 0.3) is 0 Å². The lowest BCUT2D eigenvalue weighted by molar-refractivity contribution is -0.147. The average molecular weight is 318 g/mol. The number of hydrogen-bond donors (Lipinski definition) is 1. The van der Waals surface area contributed by atoms with Gasteiger partial charge in [-0.15, -0.1) is 0 Å². The van der Waals surface area contributed by atoms with E-state index in [0.29, 0.717) is 28.1 Å². The van der Waals surface area contributed by atoms with Crippen molar-refractivity contribution in [1.82, 2.24) is 5.32 Å². The molecule has 2 nitrogen and oxygen atoms in total. The first-order chi connectivity index (χ1) is 10.9. The summed E-state index contributed by atoms with van der Waals surface area (Å²) >= 11 is 0. The molecule has 0 aliphatic heterocycles. The van der Waals surface area contributed by atoms with E-state index in [1.165, 1.54) is 64.2 Å². The largest absolute Gasteiger partial charge is 0.356 e. The van der Waals surface area contributed by atoms with Crippen LogP contribution in [0.4, 0.5) is 0 Å². The molecule has 0 radical (unpaired) electrons. The minimum absolute atomic E-state index is 0.315. The third-order valence-electron chi connectivity index (χ3n) is 7.67. The van der Waals surface area contributed by atoms with Crippen LogP contribution in [0.15, 0.2) is 0 Å². The highest BCUT2D eigenvalue weighted by molar-refractivity contribution is 5.78. The molecule has 5 rings (SSSR count). The van der Waals surface area contributed by atoms with Gasteiger partial charge in [0.15, 0.2) is 0 Å². The summed E-state index contributed by atoms with van der Waals surface area (Å²) in [5.74, 6) is 1.64. The molecule has 1 amide bonds. The topological polar surface area (TPSA) is 29.1 Å². The Hall–Kier alpha value is -0.530. The van der Waals surface area contributed by atoms with Crippen LogP contribution in [-0.4, -0.2) is 12.5 Å². The Bertz CT molecular complexity index is 460. The van der Waals surface area contributed by atoms with Gasteiger partial charge >= 0.3 is 0 Å². The minimum Gasteiger partial charge on any atom is -0.356 e. The Balaban J connectivity index is 1.35. The van der Waals surface area contributed by atoms with Gasteiger partial charge in [-0.25, -0.2) is 0 Å². The van der Waals surface area contributed by atoms with Crippen LogP contribution in [0.3, 0.4) is 0 Å². The Morgan fingerprint density at radius 3 is 2.22 bits per heavy atom. The fourth-order valence-electron chi connectivity index (χ4n) is 7.92. The molecule has 0 spiro atoms. The van der Waals surface area contributed by atoms with Crippen molar-refractivity contribution in [3.05, 3.63) is 0 Å². The predicted molar refractivity (Wildman–Crippen MR) is 94.0 cm³/mol. The van der Waals surface area contributed by atoms with Gasteiger partial charge in [-0.2, -0.15) is 0 Å². The van der Waals surface area contributed by atoms with Crippen LogP contribution >= 0.6 is 0 Å². The molecule has 130 valence electrons. The van der Waals surface area contributed by atoms with E-state index in [-0.39, 0.29) is 0 Å². The zero-order valence-corrected chi connectivity index (χ0v) is 15.3. The fourth-order valence-corrected chi connectivity index (χ4v) is 7.92. The van der Waals surface area contributed by atoms with E-state index in [1.807, 2.05) is 0 Å². The van der Waals surface area contributed by atoms with Gasteiger partial charge in [0, 0.05) is 12.5 Å². The van der Waals surface area contributed by atoms with E-state index in [4.69, 9.17) is 0 Å². The maximum atomic E-state index is 12.4. The van der Waals surface area contributed by atoms with E-state index >= 15 is 0 Å². The first kappa shape index (κ1) is 16.0. The van der Waals surface area contributed by atoms with Crippen molar-refractivity contribution in [3.8, 4) is 0 Å². The maximum absolute atomic E-state index is 12.4. The zero-order chi connectivity index (χ0) is 16.1. The molecule has 0 aromatic carbocycles. The van der Waals surface area contributed by atoms with Crippen molar-refractivity contribution in [1.29, 1.82) is 0 Å². The molecule has 2 unspecified atom stereocenters. The summed E-state index contributed by atoms with van der Waals surface area (Å²) in [5.41, 5.74) is 1.74. The van der Waals surface area contributed by atoms with Crippen molar-refractivity contribution in [2.24, 2.45) is 28.1 Å². The second-order valence-electron chi connectivity index (χ2n) is 10.5. The Morgan fingerprint density at radius 2 is 1.61 bits per heavy atom. The number of nitrogens with one attached hydrogen (secondary N) is 1. The van der Waals surface area contributed by atoms with Crippen LogP contribution in [-0.2, 0) is 4.79 Å². The van der Waals surface area contributed by atoms with Crippen molar-refractivity contribution < 1.29 is 4.79 Å². The lowest BCUT2D eigenvalue weighted by Gasteiger charge is -2.65. The van der Waals surface area contributed by atoms with Gasteiger partial charge in [0.05, 0.1) is 0 Å². The number of rotatable bonds is 4. The van der Waals surface area contributed by atoms with Gasteiger partial charge < -0.3 is 5.32 Å². The first-order valence-corrected chi connectivity index (χ1v) is 10.2. The lowest BCUT2D eigenvalue weighted by atomic mass is 9.40. The van der Waals surface area contributed by atoms with Gasteiger partial charge in [0.2, 0.25) is 5.91 Å². The molecule has 2 heteroatoms. The Kier molecular flexibility index (Phi) is 3.81. The first-order valence-electron chi connectivity index (χ1n) is 10.2. The van der Waals surface area contributed by atoms with Crippen molar-refractivity contribution in [3.63, 3.8) is 0 Å². The van der Waals surface area contributed by atoms with Crippen LogP contribution in [0, 0.1) is 28.1 Å². The number of carbonyl (C=O) groups excluding carboxylic acids is 1. The predicted octanol–water partition coefficient (Wildman–Crippen LogP) is 5.07. The minimum atomic E-state index is 0.315. The molecule has 5 saturated carbocycles. The molecule has 0 aromatic heterocycles. The van der Waals surface area contributed by atoms with Crippen LogP contribution in [0.1, 0.15) is 90.9 Å². The number of carbonyl (C=O) groups is 1. The van der Waals surface area contributed by atoms with Crippen molar-refractivity contribution in [2.45, 2.75) is 90.9 Å². The summed E-state index contributed by atoms with van der Waals surface area (Å²) in [6.07, 6.45) is 16.0. The molecule has 0 aromatic rings. The zero-order valence-electron chi connectivity index (χ0n) is 15.3. The van der Waals surface area contributed by atoms with Crippen molar-refractivity contribution >= 4 is 5.91 Å². The van der Waals surface area contributed by atoms with E-state index in [9.17, 15) is 4.79 Å². The van der Waals surface area contributed by atoms with Gasteiger partial charge in [-0.3, -0.25) is 4.79 Å². The van der Waals surface area contributed by atoms with Crippen LogP contribution in [0.2, 0.25) is 0 Å². The summed E-state index contributed by atoms with van der Waals surface area (Å²) in [6.45, 7) is 6.02. The smallest absolute Gasteiger partial charge is 0.223 e. The average Bonchev–Trinajstić information content (AvgIpc) is 2.44. The molecule has 23 heavy (non-hydrogen) atoms. The molecular weight excluding hydrogens is 282 g/mol. The summed E-state index contributed by atoms with van der Waals surface area (Å²) in [6, 6.07) is 0. The van der Waals surface area contributed by atoms with Crippen LogP contribution < -0.4 is 5.32 Å². The lowest BCUT2D eigenvalue weighted by Crippen LogP contribution is -2.55. The Labute approximate surface area is 142 Å². The normalized spacial score (nSPS) is 46.1. The van der Waals surface area contributed by atoms with Gasteiger partial charge in [-0.1, -0.05) is 33.1 Å². The fraction of sp³-hybridized carbons (Fsp3) is 0.952. The highest BCUT2D eigenvalue weighted by Gasteiger charge is 2.59. The highest BCUT2D eigenvalue weighted by Crippen LogP contribution is 2.70. The van der Waals surface area contributed by atoms with Gasteiger partial charge in [-0.05, 0) is 80.0 Å². The van der Waals surface area contributed by atoms with Crippen LogP contribution in [0.5, 0.6) is 0 Å². The molecule has 5 fully saturated rings.